The molecule has 0 saturated heterocycles. The molecule has 12 heavy (non-hydrogen) atoms. The van der Waals surface area contributed by atoms with Gasteiger partial charge in [0.25, 0.3) is 0 Å². The topological polar surface area (TPSA) is 0 Å². The van der Waals surface area contributed by atoms with Gasteiger partial charge in [0.2, 0.25) is 0 Å². The molecule has 2 fully saturated rings. The number of rotatable bonds is 0. The summed E-state index contributed by atoms with van der Waals surface area (Å²) in [6, 6.07) is 0. The highest BCUT2D eigenvalue weighted by molar-refractivity contribution is 6.32. The smallest absolute Gasteiger partial charge is 0.0584 e. The van der Waals surface area contributed by atoms with Gasteiger partial charge in [-0.05, 0) is 37.0 Å². The Morgan fingerprint density at radius 3 is 2.25 bits per heavy atom. The summed E-state index contributed by atoms with van der Waals surface area (Å²) in [6.07, 6.45) is 2.21. The zero-order valence-electron chi connectivity index (χ0n) is 7.90. The quantitative estimate of drug-likeness (QED) is 0.532. The van der Waals surface area contributed by atoms with Crippen LogP contribution in [0.25, 0.3) is 0 Å². The van der Waals surface area contributed by atoms with Gasteiger partial charge >= 0.3 is 0 Å². The third-order valence-corrected chi connectivity index (χ3v) is 5.21. The Balaban J connectivity index is 2.14. The summed E-state index contributed by atoms with van der Waals surface area (Å²) < 4.78 is 0. The largest absolute Gasteiger partial charge is 0.121 e. The number of hydrogen-bond acceptors (Lipinski definition) is 0. The minimum absolute atomic E-state index is 0.156. The molecule has 2 aliphatic carbocycles. The molecule has 0 aromatic heterocycles. The van der Waals surface area contributed by atoms with Crippen LogP contribution < -0.4 is 0 Å². The Bertz CT molecular complexity index is 208. The predicted octanol–water partition coefficient (Wildman–Crippen LogP) is 3.66. The molecule has 0 aromatic rings. The molecule has 2 heteroatoms. The Morgan fingerprint density at radius 2 is 1.75 bits per heavy atom. The van der Waals surface area contributed by atoms with E-state index in [1.54, 1.807) is 0 Å². The summed E-state index contributed by atoms with van der Waals surface area (Å²) in [5.74, 6) is 1.67. The summed E-state index contributed by atoms with van der Waals surface area (Å²) in [7, 11) is 0. The van der Waals surface area contributed by atoms with Crippen LogP contribution >= 0.6 is 23.2 Å². The van der Waals surface area contributed by atoms with E-state index in [0.717, 1.165) is 24.7 Å². The summed E-state index contributed by atoms with van der Waals surface area (Å²) in [5, 5.41) is 0.169. The molecule has 0 spiro atoms. The molecule has 0 aromatic carbocycles. The van der Waals surface area contributed by atoms with Crippen molar-refractivity contribution in [1.29, 1.82) is 0 Å². The molecule has 2 aliphatic rings. The second-order valence-corrected chi connectivity index (χ2v) is 6.61. The van der Waals surface area contributed by atoms with Crippen LogP contribution in [0.3, 0.4) is 0 Å². The summed E-state index contributed by atoms with van der Waals surface area (Å²) in [6.45, 7) is 6.76. The van der Waals surface area contributed by atoms with E-state index in [2.05, 4.69) is 20.8 Å². The Kier molecular flexibility index (Phi) is 1.78. The van der Waals surface area contributed by atoms with E-state index in [1.807, 2.05) is 0 Å². The Labute approximate surface area is 84.6 Å². The van der Waals surface area contributed by atoms with Crippen LogP contribution in [-0.2, 0) is 0 Å². The van der Waals surface area contributed by atoms with E-state index in [9.17, 15) is 0 Å². The average molecular weight is 207 g/mol. The van der Waals surface area contributed by atoms with Crippen molar-refractivity contribution < 1.29 is 0 Å². The van der Waals surface area contributed by atoms with Crippen LogP contribution in [0.5, 0.6) is 0 Å². The maximum absolute atomic E-state index is 6.34. The van der Waals surface area contributed by atoms with Crippen molar-refractivity contribution >= 4 is 23.2 Å². The van der Waals surface area contributed by atoms with Crippen molar-refractivity contribution in [3.63, 3.8) is 0 Å². The monoisotopic (exact) mass is 206 g/mol. The maximum atomic E-state index is 6.34. The molecule has 2 rings (SSSR count). The van der Waals surface area contributed by atoms with Crippen LogP contribution in [0.15, 0.2) is 0 Å². The third-order valence-electron chi connectivity index (χ3n) is 4.02. The van der Waals surface area contributed by atoms with E-state index in [0.29, 0.717) is 5.41 Å². The van der Waals surface area contributed by atoms with E-state index < -0.39 is 0 Å². The van der Waals surface area contributed by atoms with E-state index in [4.69, 9.17) is 23.2 Å². The molecule has 0 aliphatic heterocycles. The summed E-state index contributed by atoms with van der Waals surface area (Å²) in [5.41, 5.74) is 0.514. The fourth-order valence-electron chi connectivity index (χ4n) is 2.76. The van der Waals surface area contributed by atoms with Crippen molar-refractivity contribution in [2.45, 2.75) is 43.9 Å². The van der Waals surface area contributed by atoms with E-state index in [-0.39, 0.29) is 10.3 Å². The number of hydrogen-bond donors (Lipinski definition) is 0. The lowest BCUT2D eigenvalue weighted by atomic mass is 9.89. The Morgan fingerprint density at radius 1 is 1.17 bits per heavy atom. The normalized spacial score (nSPS) is 56.2. The van der Waals surface area contributed by atoms with Crippen molar-refractivity contribution in [1.82, 2.24) is 0 Å². The molecule has 1 unspecified atom stereocenters. The highest BCUT2D eigenvalue weighted by Gasteiger charge is 2.63. The van der Waals surface area contributed by atoms with Gasteiger partial charge in [-0.25, -0.2) is 0 Å². The molecule has 4 atom stereocenters. The van der Waals surface area contributed by atoms with E-state index >= 15 is 0 Å². The molecule has 0 nitrogen and oxygen atoms in total. The van der Waals surface area contributed by atoms with Crippen LogP contribution in [0.1, 0.15) is 33.6 Å². The van der Waals surface area contributed by atoms with Crippen molar-refractivity contribution in [2.24, 2.45) is 17.3 Å². The highest BCUT2D eigenvalue weighted by Crippen LogP contribution is 2.67. The van der Waals surface area contributed by atoms with Gasteiger partial charge < -0.3 is 0 Å². The average Bonchev–Trinajstić information content (AvgIpc) is 2.37. The SMILES string of the molecule is CC1(C)[C@@H]2CC(Cl)[C@@](C)(Cl)C[C@@H]21. The number of alkyl halides is 2. The minimum Gasteiger partial charge on any atom is -0.121 e. The van der Waals surface area contributed by atoms with Gasteiger partial charge in [0.05, 0.1) is 10.3 Å². The van der Waals surface area contributed by atoms with Gasteiger partial charge in [-0.2, -0.15) is 0 Å². The van der Waals surface area contributed by atoms with E-state index in [1.165, 1.54) is 0 Å². The lowest BCUT2D eigenvalue weighted by molar-refractivity contribution is 0.402. The van der Waals surface area contributed by atoms with Crippen LogP contribution in [0.2, 0.25) is 0 Å². The standard InChI is InChI=1S/C10H16Cl2/c1-9(2)6-4-8(11)10(3,12)5-7(6)9/h6-8H,4-5H2,1-3H3/t6-,7+,8?,10+/m1/s1. The predicted molar refractivity (Wildman–Crippen MR) is 53.9 cm³/mol. The van der Waals surface area contributed by atoms with Crippen LogP contribution in [-0.4, -0.2) is 10.3 Å². The third kappa shape index (κ3) is 1.11. The fourth-order valence-corrected chi connectivity index (χ4v) is 3.29. The van der Waals surface area contributed by atoms with Crippen molar-refractivity contribution in [2.75, 3.05) is 0 Å². The first-order valence-electron chi connectivity index (χ1n) is 4.68. The van der Waals surface area contributed by atoms with Gasteiger partial charge in [-0.3, -0.25) is 0 Å². The second-order valence-electron chi connectivity index (χ2n) is 5.22. The van der Waals surface area contributed by atoms with Gasteiger partial charge in [-0.15, -0.1) is 23.2 Å². The molecular formula is C10H16Cl2. The summed E-state index contributed by atoms with van der Waals surface area (Å²) in [4.78, 5) is -0.156. The minimum atomic E-state index is -0.156. The highest BCUT2D eigenvalue weighted by atomic mass is 35.5. The zero-order valence-corrected chi connectivity index (χ0v) is 9.41. The molecule has 0 radical (unpaired) electrons. The first-order valence-corrected chi connectivity index (χ1v) is 5.50. The second kappa shape index (κ2) is 2.33. The molecule has 0 amide bonds. The van der Waals surface area contributed by atoms with Gasteiger partial charge in [0.15, 0.2) is 0 Å². The molecule has 0 N–H and O–H groups in total. The summed E-state index contributed by atoms with van der Waals surface area (Å²) >= 11 is 12.6. The van der Waals surface area contributed by atoms with Crippen LogP contribution in [0.4, 0.5) is 0 Å². The molecule has 70 valence electrons. The molecular weight excluding hydrogens is 191 g/mol. The fraction of sp³-hybridized carbons (Fsp3) is 1.00. The molecule has 0 bridgehead atoms. The first kappa shape index (κ1) is 9.15. The number of fused-ring (bicyclic) bond motifs is 1. The van der Waals surface area contributed by atoms with Gasteiger partial charge in [0, 0.05) is 0 Å². The van der Waals surface area contributed by atoms with Crippen molar-refractivity contribution in [3.05, 3.63) is 0 Å². The van der Waals surface area contributed by atoms with Gasteiger partial charge in [0.1, 0.15) is 0 Å². The van der Waals surface area contributed by atoms with Crippen molar-refractivity contribution in [3.8, 4) is 0 Å². The van der Waals surface area contributed by atoms with Gasteiger partial charge in [-0.1, -0.05) is 13.8 Å². The maximum Gasteiger partial charge on any atom is 0.0584 e. The zero-order chi connectivity index (χ0) is 9.15. The molecule has 0 heterocycles. The van der Waals surface area contributed by atoms with Crippen LogP contribution in [0, 0.1) is 17.3 Å². The molecule has 2 saturated carbocycles. The Hall–Kier alpha value is 0.580. The number of halogens is 2. The lowest BCUT2D eigenvalue weighted by Gasteiger charge is -2.31. The first-order chi connectivity index (χ1) is 5.36. The lowest BCUT2D eigenvalue weighted by Crippen LogP contribution is -2.33.